The molecule has 5 nitrogen and oxygen atoms in total. The van der Waals surface area contributed by atoms with Crippen LogP contribution in [0.5, 0.6) is 11.5 Å². The number of aldehydes is 1. The molecule has 1 spiro atoms. The van der Waals surface area contributed by atoms with Crippen LogP contribution in [-0.2, 0) is 19.7 Å². The smallest absolute Gasteiger partial charge is 0.206 e. The second-order valence-electron chi connectivity index (χ2n) is 6.98. The molecule has 0 radical (unpaired) electrons. The Morgan fingerprint density at radius 1 is 1.33 bits per heavy atom. The summed E-state index contributed by atoms with van der Waals surface area (Å²) < 4.78 is 24.1. The molecule has 126 valence electrons. The van der Waals surface area contributed by atoms with E-state index in [4.69, 9.17) is 18.9 Å². The van der Waals surface area contributed by atoms with Crippen molar-refractivity contribution >= 4 is 12.4 Å². The van der Waals surface area contributed by atoms with Crippen LogP contribution >= 0.6 is 0 Å². The van der Waals surface area contributed by atoms with Crippen LogP contribution in [0.1, 0.15) is 30.4 Å². The lowest BCUT2D eigenvalue weighted by Gasteiger charge is -2.51. The summed E-state index contributed by atoms with van der Waals surface area (Å²) in [4.78, 5) is 11.7. The fraction of sp³-hybridized carbons (Fsp3) is 0.526. The van der Waals surface area contributed by atoms with Gasteiger partial charge in [-0.2, -0.15) is 0 Å². The summed E-state index contributed by atoms with van der Waals surface area (Å²) in [5.41, 5.74) is 1.75. The molecule has 1 aromatic carbocycles. The van der Waals surface area contributed by atoms with E-state index >= 15 is 0 Å². The summed E-state index contributed by atoms with van der Waals surface area (Å²) in [5.74, 6) is 0.936. The van der Waals surface area contributed by atoms with Crippen molar-refractivity contribution in [3.05, 3.63) is 29.3 Å². The van der Waals surface area contributed by atoms with Gasteiger partial charge in [0.2, 0.25) is 5.79 Å². The number of hydrogen-bond donors (Lipinski definition) is 0. The predicted octanol–water partition coefficient (Wildman–Crippen LogP) is 2.46. The van der Waals surface area contributed by atoms with Crippen LogP contribution in [0.4, 0.5) is 0 Å². The molecule has 0 unspecified atom stereocenters. The molecule has 2 aliphatic heterocycles. The van der Waals surface area contributed by atoms with Crippen LogP contribution in [0.3, 0.4) is 0 Å². The number of ether oxygens (including phenoxy) is 4. The minimum atomic E-state index is -0.758. The highest BCUT2D eigenvalue weighted by Crippen LogP contribution is 2.63. The molecule has 1 saturated carbocycles. The number of carbonyl (C=O) groups excluding carboxylic acids is 1. The molecule has 0 N–H and O–H groups in total. The summed E-state index contributed by atoms with van der Waals surface area (Å²) in [6.45, 7) is 1.13. The van der Waals surface area contributed by atoms with E-state index in [0.717, 1.165) is 36.0 Å². The van der Waals surface area contributed by atoms with Crippen LogP contribution < -0.4 is 9.47 Å². The average Bonchev–Trinajstić information content (AvgIpc) is 3.20. The Morgan fingerprint density at radius 2 is 2.17 bits per heavy atom. The third-order valence-electron chi connectivity index (χ3n) is 6.11. The van der Waals surface area contributed by atoms with Crippen molar-refractivity contribution in [1.82, 2.24) is 0 Å². The molecule has 4 aliphatic rings. The first-order chi connectivity index (χ1) is 11.7. The van der Waals surface area contributed by atoms with Gasteiger partial charge in [-0.15, -0.1) is 0 Å². The molecule has 24 heavy (non-hydrogen) atoms. The number of fused-ring (bicyclic) bond motifs is 1. The molecule has 3 atom stereocenters. The van der Waals surface area contributed by atoms with Crippen LogP contribution in [0.15, 0.2) is 18.2 Å². The van der Waals surface area contributed by atoms with E-state index in [0.29, 0.717) is 25.4 Å². The second kappa shape index (κ2) is 4.83. The Bertz CT molecular complexity index is 734. The van der Waals surface area contributed by atoms with E-state index in [1.165, 1.54) is 0 Å². The molecule has 0 amide bonds. The van der Waals surface area contributed by atoms with E-state index in [1.807, 2.05) is 12.1 Å². The zero-order chi connectivity index (χ0) is 16.4. The Kier molecular flexibility index (Phi) is 2.92. The quantitative estimate of drug-likeness (QED) is 0.798. The van der Waals surface area contributed by atoms with Crippen molar-refractivity contribution < 1.29 is 23.7 Å². The molecule has 0 aromatic heterocycles. The average molecular weight is 328 g/mol. The van der Waals surface area contributed by atoms with E-state index in [9.17, 15) is 4.79 Å². The van der Waals surface area contributed by atoms with Gasteiger partial charge in [0.25, 0.3) is 0 Å². The molecule has 1 saturated heterocycles. The summed E-state index contributed by atoms with van der Waals surface area (Å²) >= 11 is 0. The molecule has 1 aromatic rings. The van der Waals surface area contributed by atoms with Crippen molar-refractivity contribution in [3.8, 4) is 11.5 Å². The zero-order valence-corrected chi connectivity index (χ0v) is 13.6. The lowest BCUT2D eigenvalue weighted by molar-refractivity contribution is -0.247. The normalized spacial score (nSPS) is 34.0. The van der Waals surface area contributed by atoms with Crippen molar-refractivity contribution in [2.45, 2.75) is 36.6 Å². The molecule has 2 fully saturated rings. The Hall–Kier alpha value is -1.85. The summed E-state index contributed by atoms with van der Waals surface area (Å²) in [6.07, 6.45) is 7.14. The molecule has 5 heteroatoms. The van der Waals surface area contributed by atoms with Crippen molar-refractivity contribution in [1.29, 1.82) is 0 Å². The number of methoxy groups -OCH3 is 1. The summed E-state index contributed by atoms with van der Waals surface area (Å²) in [6, 6.07) is 3.97. The van der Waals surface area contributed by atoms with E-state index in [1.54, 1.807) is 7.11 Å². The third kappa shape index (κ3) is 1.55. The van der Waals surface area contributed by atoms with Crippen LogP contribution in [0, 0.1) is 5.92 Å². The molecular formula is C19H20O5. The zero-order valence-electron chi connectivity index (χ0n) is 13.6. The topological polar surface area (TPSA) is 54.0 Å². The monoisotopic (exact) mass is 328 g/mol. The first-order valence-corrected chi connectivity index (χ1v) is 8.53. The molecule has 2 aliphatic carbocycles. The van der Waals surface area contributed by atoms with Crippen molar-refractivity contribution in [3.63, 3.8) is 0 Å². The largest absolute Gasteiger partial charge is 0.493 e. The first kappa shape index (κ1) is 14.5. The fourth-order valence-electron chi connectivity index (χ4n) is 5.19. The molecule has 0 bridgehead atoms. The predicted molar refractivity (Wildman–Crippen MR) is 86.2 cm³/mol. The number of carbonyl (C=O) groups is 1. The van der Waals surface area contributed by atoms with Crippen LogP contribution in [0.2, 0.25) is 0 Å². The molecular weight excluding hydrogens is 308 g/mol. The minimum absolute atomic E-state index is 0.243. The maximum Gasteiger partial charge on any atom is 0.206 e. The number of allylic oxidation sites excluding steroid dienone is 1. The maximum atomic E-state index is 11.7. The van der Waals surface area contributed by atoms with Gasteiger partial charge in [-0.25, -0.2) is 0 Å². The van der Waals surface area contributed by atoms with Gasteiger partial charge in [0.05, 0.1) is 25.7 Å². The summed E-state index contributed by atoms with van der Waals surface area (Å²) in [7, 11) is 1.64. The highest BCUT2D eigenvalue weighted by atomic mass is 16.8. The highest BCUT2D eigenvalue weighted by molar-refractivity contribution is 5.73. The SMILES string of the molecule is COc1ccc2c3c1O[C@H]1C4(CC[C@@H](C=C2)[C@@]31CC=O)OCCO4. The van der Waals surface area contributed by atoms with Gasteiger partial charge in [-0.3, -0.25) is 0 Å². The van der Waals surface area contributed by atoms with Gasteiger partial charge >= 0.3 is 0 Å². The lowest BCUT2D eigenvalue weighted by Crippen LogP contribution is -2.62. The molecule has 5 rings (SSSR count). The van der Waals surface area contributed by atoms with E-state index in [-0.39, 0.29) is 12.0 Å². The first-order valence-electron chi connectivity index (χ1n) is 8.53. The fourth-order valence-corrected chi connectivity index (χ4v) is 5.19. The van der Waals surface area contributed by atoms with Gasteiger partial charge < -0.3 is 23.7 Å². The van der Waals surface area contributed by atoms with Crippen LogP contribution in [-0.4, -0.2) is 38.5 Å². The minimum Gasteiger partial charge on any atom is -0.493 e. The van der Waals surface area contributed by atoms with Crippen molar-refractivity contribution in [2.75, 3.05) is 20.3 Å². The van der Waals surface area contributed by atoms with Gasteiger partial charge in [0.1, 0.15) is 6.29 Å². The van der Waals surface area contributed by atoms with Gasteiger partial charge in [-0.1, -0.05) is 18.2 Å². The van der Waals surface area contributed by atoms with Gasteiger partial charge in [0.15, 0.2) is 17.6 Å². The highest BCUT2D eigenvalue weighted by Gasteiger charge is 2.67. The van der Waals surface area contributed by atoms with Gasteiger partial charge in [-0.05, 0) is 24.0 Å². The Balaban J connectivity index is 1.78. The second-order valence-corrected chi connectivity index (χ2v) is 6.98. The third-order valence-corrected chi connectivity index (χ3v) is 6.11. The number of hydrogen-bond acceptors (Lipinski definition) is 5. The Labute approximate surface area is 140 Å². The van der Waals surface area contributed by atoms with E-state index in [2.05, 4.69) is 12.2 Å². The van der Waals surface area contributed by atoms with Gasteiger partial charge in [0, 0.05) is 18.4 Å². The Morgan fingerprint density at radius 3 is 2.92 bits per heavy atom. The van der Waals surface area contributed by atoms with Crippen molar-refractivity contribution in [2.24, 2.45) is 5.92 Å². The van der Waals surface area contributed by atoms with E-state index < -0.39 is 11.2 Å². The number of benzene rings is 1. The van der Waals surface area contributed by atoms with Crippen LogP contribution in [0.25, 0.3) is 6.08 Å². The summed E-state index contributed by atoms with van der Waals surface area (Å²) in [5, 5.41) is 0. The lowest BCUT2D eigenvalue weighted by atomic mass is 9.56. The number of rotatable bonds is 3. The maximum absolute atomic E-state index is 11.7. The molecule has 2 heterocycles. The standard InChI is InChI=1S/C19H20O5/c1-21-14-5-3-12-2-4-13-6-7-19(22-10-11-23-19)17-18(13,8-9-20)15(12)16(14)24-17/h2-5,9,13,17H,6-8,10-11H2,1H3/t13-,17-,18+/m1/s1.